The molecular weight excluding hydrogens is 296 g/mol. The summed E-state index contributed by atoms with van der Waals surface area (Å²) in [5.41, 5.74) is 0.296. The Labute approximate surface area is 127 Å². The van der Waals surface area contributed by atoms with Gasteiger partial charge in [-0.25, -0.2) is 0 Å². The molecule has 2 rings (SSSR count). The molecule has 0 bridgehead atoms. The molecule has 0 radical (unpaired) electrons. The first-order valence-electron chi connectivity index (χ1n) is 6.56. The molecule has 0 fully saturated rings. The van der Waals surface area contributed by atoms with E-state index < -0.39 is 17.9 Å². The Morgan fingerprint density at radius 1 is 0.952 bits per heavy atom. The van der Waals surface area contributed by atoms with Gasteiger partial charge < -0.3 is 0 Å². The highest BCUT2D eigenvalue weighted by Crippen LogP contribution is 2.25. The molecule has 1 atom stereocenters. The molecule has 4 amide bonds. The summed E-state index contributed by atoms with van der Waals surface area (Å²) in [6, 6.07) is -0.784. The van der Waals surface area contributed by atoms with Gasteiger partial charge in [-0.05, 0) is 27.2 Å². The second-order valence-electron chi connectivity index (χ2n) is 5.34. The van der Waals surface area contributed by atoms with E-state index in [0.29, 0.717) is 5.57 Å². The maximum absolute atomic E-state index is 12.1. The van der Waals surface area contributed by atoms with Crippen molar-refractivity contribution in [3.63, 3.8) is 0 Å². The van der Waals surface area contributed by atoms with Crippen molar-refractivity contribution in [2.24, 2.45) is 0 Å². The van der Waals surface area contributed by atoms with Gasteiger partial charge in [-0.2, -0.15) is 0 Å². The number of hydrogen-bond acceptors (Lipinski definition) is 4. The van der Waals surface area contributed by atoms with E-state index in [2.05, 4.69) is 0 Å². The lowest BCUT2D eigenvalue weighted by molar-refractivity contribution is -0.142. The highest BCUT2D eigenvalue weighted by atomic mass is 35.5. The Hall–Kier alpha value is -1.95. The third kappa shape index (κ3) is 2.63. The molecule has 0 aliphatic carbocycles. The van der Waals surface area contributed by atoms with Gasteiger partial charge in [0.25, 0.3) is 23.6 Å². The van der Waals surface area contributed by atoms with E-state index in [0.717, 1.165) is 15.9 Å². The minimum Gasteiger partial charge on any atom is -0.273 e. The van der Waals surface area contributed by atoms with Gasteiger partial charge in [0.15, 0.2) is 0 Å². The Morgan fingerprint density at radius 2 is 1.52 bits per heavy atom. The maximum atomic E-state index is 12.1. The Morgan fingerprint density at radius 3 is 1.95 bits per heavy atom. The van der Waals surface area contributed by atoms with E-state index in [4.69, 9.17) is 11.6 Å². The lowest BCUT2D eigenvalue weighted by Crippen LogP contribution is -2.40. The number of carbonyl (C=O) groups is 4. The van der Waals surface area contributed by atoms with Gasteiger partial charge in [0.05, 0.1) is 0 Å². The molecule has 0 saturated heterocycles. The van der Waals surface area contributed by atoms with E-state index in [-0.39, 0.29) is 29.3 Å². The summed E-state index contributed by atoms with van der Waals surface area (Å²) >= 11 is 5.63. The summed E-state index contributed by atoms with van der Waals surface area (Å²) in [7, 11) is 0. The van der Waals surface area contributed by atoms with Crippen molar-refractivity contribution >= 4 is 35.2 Å². The van der Waals surface area contributed by atoms with E-state index in [1.807, 2.05) is 0 Å². The zero-order chi connectivity index (χ0) is 15.9. The fourth-order valence-corrected chi connectivity index (χ4v) is 2.64. The molecule has 0 saturated carbocycles. The van der Waals surface area contributed by atoms with Crippen LogP contribution in [0.2, 0.25) is 0 Å². The zero-order valence-electron chi connectivity index (χ0n) is 11.9. The van der Waals surface area contributed by atoms with Gasteiger partial charge in [-0.3, -0.25) is 29.0 Å². The minimum absolute atomic E-state index is 0.128. The molecule has 7 heteroatoms. The predicted octanol–water partition coefficient (Wildman–Crippen LogP) is 0.960. The van der Waals surface area contributed by atoms with Gasteiger partial charge in [0.2, 0.25) is 0 Å². The van der Waals surface area contributed by atoms with Gasteiger partial charge in [0, 0.05) is 29.8 Å². The smallest absolute Gasteiger partial charge is 0.272 e. The number of nitrogens with zero attached hydrogens (tertiary/aromatic N) is 2. The monoisotopic (exact) mass is 310 g/mol. The van der Waals surface area contributed by atoms with Crippen molar-refractivity contribution < 1.29 is 19.2 Å². The molecular formula is C14H15ClN2O4. The summed E-state index contributed by atoms with van der Waals surface area (Å²) in [6.45, 7) is 5.12. The van der Waals surface area contributed by atoms with Crippen molar-refractivity contribution in [3.8, 4) is 0 Å². The van der Waals surface area contributed by atoms with Crippen molar-refractivity contribution in [2.45, 2.75) is 39.3 Å². The van der Waals surface area contributed by atoms with Crippen LogP contribution in [0.1, 0.15) is 27.2 Å². The van der Waals surface area contributed by atoms with Gasteiger partial charge in [-0.1, -0.05) is 11.6 Å². The van der Waals surface area contributed by atoms with E-state index in [9.17, 15) is 19.2 Å². The van der Waals surface area contributed by atoms with Crippen molar-refractivity contribution in [2.75, 3.05) is 0 Å². The van der Waals surface area contributed by atoms with Gasteiger partial charge >= 0.3 is 0 Å². The Balaban J connectivity index is 2.12. The summed E-state index contributed by atoms with van der Waals surface area (Å²) in [4.78, 5) is 49.5. The first-order valence-corrected chi connectivity index (χ1v) is 6.94. The number of halogens is 1. The molecule has 2 aliphatic heterocycles. The van der Waals surface area contributed by atoms with Crippen molar-refractivity contribution in [3.05, 3.63) is 22.8 Å². The average molecular weight is 311 g/mol. The Kier molecular flexibility index (Phi) is 4.00. The van der Waals surface area contributed by atoms with Crippen LogP contribution in [-0.2, 0) is 19.2 Å². The highest BCUT2D eigenvalue weighted by Gasteiger charge is 2.38. The van der Waals surface area contributed by atoms with Crippen molar-refractivity contribution in [1.29, 1.82) is 0 Å². The number of rotatable bonds is 4. The minimum atomic E-state index is -0.577. The van der Waals surface area contributed by atoms with Crippen LogP contribution in [0, 0.1) is 0 Å². The number of amides is 4. The lowest BCUT2D eigenvalue weighted by Gasteiger charge is -2.23. The fraction of sp³-hybridized carbons (Fsp3) is 0.429. The summed E-state index contributed by atoms with van der Waals surface area (Å²) in [5, 5.41) is -0.140. The van der Waals surface area contributed by atoms with E-state index in [1.54, 1.807) is 20.8 Å². The van der Waals surface area contributed by atoms with Crippen LogP contribution >= 0.6 is 11.6 Å². The molecule has 0 spiro atoms. The second-order valence-corrected chi connectivity index (χ2v) is 5.74. The van der Waals surface area contributed by atoms with Crippen LogP contribution < -0.4 is 0 Å². The van der Waals surface area contributed by atoms with E-state index in [1.165, 1.54) is 6.08 Å². The SMILES string of the molecule is CC(C)N1C(=O)C=C(CC(C)N2C(=O)C=C(Cl)C2=O)C1=O. The number of imide groups is 2. The largest absolute Gasteiger partial charge is 0.273 e. The van der Waals surface area contributed by atoms with E-state index >= 15 is 0 Å². The molecule has 6 nitrogen and oxygen atoms in total. The summed E-state index contributed by atoms with van der Waals surface area (Å²) in [5.74, 6) is -1.82. The first kappa shape index (κ1) is 15.4. The van der Waals surface area contributed by atoms with Gasteiger partial charge in [-0.15, -0.1) is 0 Å². The van der Waals surface area contributed by atoms with Crippen LogP contribution in [0.3, 0.4) is 0 Å². The molecule has 112 valence electrons. The molecule has 2 heterocycles. The molecule has 0 N–H and O–H groups in total. The molecule has 0 aromatic heterocycles. The van der Waals surface area contributed by atoms with Crippen LogP contribution in [0.5, 0.6) is 0 Å². The normalized spacial score (nSPS) is 20.6. The van der Waals surface area contributed by atoms with Crippen LogP contribution in [0.15, 0.2) is 22.8 Å². The van der Waals surface area contributed by atoms with Crippen LogP contribution in [0.25, 0.3) is 0 Å². The Bertz CT molecular complexity index is 606. The predicted molar refractivity (Wildman–Crippen MR) is 74.9 cm³/mol. The van der Waals surface area contributed by atoms with Gasteiger partial charge in [0.1, 0.15) is 5.03 Å². The highest BCUT2D eigenvalue weighted by molar-refractivity contribution is 6.46. The summed E-state index contributed by atoms with van der Waals surface area (Å²) in [6.07, 6.45) is 2.44. The molecule has 21 heavy (non-hydrogen) atoms. The fourth-order valence-electron chi connectivity index (χ4n) is 2.45. The van der Waals surface area contributed by atoms with Crippen molar-refractivity contribution in [1.82, 2.24) is 9.80 Å². The number of hydrogen-bond donors (Lipinski definition) is 0. The standard InChI is InChI=1S/C14H15ClN2O4/c1-7(2)16-11(18)5-9(13(16)20)4-8(3)17-12(19)6-10(15)14(17)21/h5-8H,4H2,1-3H3. The molecule has 0 aromatic carbocycles. The zero-order valence-corrected chi connectivity index (χ0v) is 12.7. The average Bonchev–Trinajstić information content (AvgIpc) is 2.77. The molecule has 2 aliphatic rings. The molecule has 0 aromatic rings. The number of carbonyl (C=O) groups excluding carboxylic acids is 4. The third-order valence-corrected chi connectivity index (χ3v) is 3.68. The van der Waals surface area contributed by atoms with Crippen LogP contribution in [0.4, 0.5) is 0 Å². The quantitative estimate of drug-likeness (QED) is 0.725. The first-order chi connectivity index (χ1) is 9.73. The maximum Gasteiger partial charge on any atom is 0.272 e. The van der Waals surface area contributed by atoms with Crippen LogP contribution in [-0.4, -0.2) is 45.5 Å². The third-order valence-electron chi connectivity index (χ3n) is 3.41. The second kappa shape index (κ2) is 5.44. The lowest BCUT2D eigenvalue weighted by atomic mass is 10.1. The summed E-state index contributed by atoms with van der Waals surface area (Å²) < 4.78 is 0. The molecule has 1 unspecified atom stereocenters. The topological polar surface area (TPSA) is 74.8 Å².